The van der Waals surface area contributed by atoms with E-state index in [2.05, 4.69) is 62.9 Å². The smallest absolute Gasteiger partial charge is 0.149 e. The standard InChI is InChI=1S/C19H20N2S/c1-5-11-12(6-2)16-20-22-17-19(4)10-18(19,3)14-9-7-8-13(11)15(14)21(16)17/h5-9,17H,10H2,1-4H3/b11-5?,12-6+. The normalized spacial score (nSPS) is 40.6. The van der Waals surface area contributed by atoms with Crippen molar-refractivity contribution >= 4 is 29.0 Å². The second-order valence-corrected chi connectivity index (χ2v) is 8.12. The van der Waals surface area contributed by atoms with Gasteiger partial charge in [0.25, 0.3) is 0 Å². The maximum absolute atomic E-state index is 4.90. The van der Waals surface area contributed by atoms with Crippen LogP contribution in [0.2, 0.25) is 0 Å². The number of rotatable bonds is 0. The van der Waals surface area contributed by atoms with Gasteiger partial charge in [0, 0.05) is 33.9 Å². The van der Waals surface area contributed by atoms with Crippen molar-refractivity contribution in [1.29, 1.82) is 0 Å². The topological polar surface area (TPSA) is 15.6 Å². The Morgan fingerprint density at radius 1 is 1.23 bits per heavy atom. The Labute approximate surface area is 136 Å². The Morgan fingerprint density at radius 3 is 2.73 bits per heavy atom. The van der Waals surface area contributed by atoms with Crippen molar-refractivity contribution in [2.24, 2.45) is 9.81 Å². The van der Waals surface area contributed by atoms with Crippen LogP contribution in [0.5, 0.6) is 0 Å². The van der Waals surface area contributed by atoms with E-state index in [-0.39, 0.29) is 0 Å². The van der Waals surface area contributed by atoms with Gasteiger partial charge in [-0.15, -0.1) is 0 Å². The molecular weight excluding hydrogens is 288 g/mol. The number of nitrogens with zero attached hydrogens (tertiary/aromatic N) is 2. The quantitative estimate of drug-likeness (QED) is 0.632. The van der Waals surface area contributed by atoms with E-state index in [9.17, 15) is 0 Å². The first kappa shape index (κ1) is 13.0. The number of anilines is 1. The SMILES string of the molecule is CC=C1/C(=C\C)C2=NSC3N2c2c1cccc2C1(C)CC31C. The number of amidine groups is 1. The molecule has 3 heterocycles. The van der Waals surface area contributed by atoms with E-state index in [4.69, 9.17) is 4.40 Å². The number of allylic oxidation sites excluding steroid dienone is 2. The highest BCUT2D eigenvalue weighted by Crippen LogP contribution is 2.75. The average Bonchev–Trinajstić information content (AvgIpc) is 2.91. The molecule has 3 heteroatoms. The largest absolute Gasteiger partial charge is 0.309 e. The van der Waals surface area contributed by atoms with Crippen LogP contribution in [-0.4, -0.2) is 11.2 Å². The van der Waals surface area contributed by atoms with E-state index in [1.807, 2.05) is 0 Å². The van der Waals surface area contributed by atoms with Gasteiger partial charge in [-0.1, -0.05) is 44.2 Å². The summed E-state index contributed by atoms with van der Waals surface area (Å²) < 4.78 is 4.90. The molecule has 4 aliphatic rings. The van der Waals surface area contributed by atoms with E-state index in [1.54, 1.807) is 11.9 Å². The number of para-hydroxylation sites is 1. The zero-order chi connectivity index (χ0) is 15.3. The molecule has 3 atom stereocenters. The van der Waals surface area contributed by atoms with Crippen molar-refractivity contribution in [2.45, 2.75) is 44.9 Å². The molecule has 1 fully saturated rings. The van der Waals surface area contributed by atoms with E-state index in [1.165, 1.54) is 40.2 Å². The minimum Gasteiger partial charge on any atom is -0.309 e. The Hall–Kier alpha value is -1.48. The minimum absolute atomic E-state index is 0.309. The summed E-state index contributed by atoms with van der Waals surface area (Å²) in [5.41, 5.74) is 7.60. The molecule has 0 radical (unpaired) electrons. The second kappa shape index (κ2) is 3.70. The first-order valence-electron chi connectivity index (χ1n) is 8.07. The molecule has 22 heavy (non-hydrogen) atoms. The van der Waals surface area contributed by atoms with E-state index in [0.717, 1.165) is 0 Å². The Kier molecular flexibility index (Phi) is 2.19. The maximum Gasteiger partial charge on any atom is 0.149 e. The molecule has 5 rings (SSSR count). The van der Waals surface area contributed by atoms with Gasteiger partial charge in [-0.3, -0.25) is 0 Å². The van der Waals surface area contributed by atoms with Crippen LogP contribution in [-0.2, 0) is 5.41 Å². The molecule has 0 spiro atoms. The molecule has 112 valence electrons. The van der Waals surface area contributed by atoms with Crippen LogP contribution in [0.1, 0.15) is 45.2 Å². The molecule has 1 aromatic carbocycles. The van der Waals surface area contributed by atoms with Gasteiger partial charge in [0.15, 0.2) is 0 Å². The first-order chi connectivity index (χ1) is 10.6. The van der Waals surface area contributed by atoms with Gasteiger partial charge in [0.05, 0.1) is 5.69 Å². The third kappa shape index (κ3) is 1.14. The van der Waals surface area contributed by atoms with Crippen LogP contribution in [0.15, 0.2) is 40.3 Å². The van der Waals surface area contributed by atoms with Crippen LogP contribution in [0.4, 0.5) is 5.69 Å². The summed E-state index contributed by atoms with van der Waals surface area (Å²) in [4.78, 5) is 2.53. The summed E-state index contributed by atoms with van der Waals surface area (Å²) in [5, 5.41) is 0.453. The predicted molar refractivity (Wildman–Crippen MR) is 95.2 cm³/mol. The molecule has 1 saturated carbocycles. The van der Waals surface area contributed by atoms with Crippen LogP contribution >= 0.6 is 11.9 Å². The van der Waals surface area contributed by atoms with E-state index >= 15 is 0 Å². The highest BCUT2D eigenvalue weighted by molar-refractivity contribution is 7.99. The summed E-state index contributed by atoms with van der Waals surface area (Å²) in [6.07, 6.45) is 5.73. The third-order valence-electron chi connectivity index (χ3n) is 6.37. The maximum atomic E-state index is 4.90. The fourth-order valence-corrected chi connectivity index (χ4v) is 6.15. The number of benzene rings is 1. The molecule has 0 N–H and O–H groups in total. The van der Waals surface area contributed by atoms with Gasteiger partial charge in [-0.2, -0.15) is 4.40 Å². The van der Waals surface area contributed by atoms with Crippen LogP contribution in [0.3, 0.4) is 0 Å². The highest BCUT2D eigenvalue weighted by Gasteiger charge is 2.72. The van der Waals surface area contributed by atoms with Gasteiger partial charge in [0.2, 0.25) is 0 Å². The van der Waals surface area contributed by atoms with Gasteiger partial charge >= 0.3 is 0 Å². The highest BCUT2D eigenvalue weighted by atomic mass is 32.2. The monoisotopic (exact) mass is 308 g/mol. The van der Waals surface area contributed by atoms with Gasteiger partial charge < -0.3 is 4.90 Å². The van der Waals surface area contributed by atoms with E-state index in [0.29, 0.717) is 16.2 Å². The van der Waals surface area contributed by atoms with Gasteiger partial charge in [0.1, 0.15) is 11.2 Å². The Bertz CT molecular complexity index is 819. The van der Waals surface area contributed by atoms with Crippen molar-refractivity contribution in [2.75, 3.05) is 4.90 Å². The molecule has 0 aromatic heterocycles. The molecule has 0 bridgehead atoms. The number of hydrogen-bond acceptors (Lipinski definition) is 3. The number of hydrogen-bond donors (Lipinski definition) is 0. The van der Waals surface area contributed by atoms with E-state index < -0.39 is 0 Å². The summed E-state index contributed by atoms with van der Waals surface area (Å²) in [6.45, 7) is 9.15. The lowest BCUT2D eigenvalue weighted by molar-refractivity contribution is 0.446. The minimum atomic E-state index is 0.309. The molecular formula is C19H20N2S. The fraction of sp³-hybridized carbons (Fsp3) is 0.421. The predicted octanol–water partition coefficient (Wildman–Crippen LogP) is 4.92. The van der Waals surface area contributed by atoms with Crippen LogP contribution in [0.25, 0.3) is 5.57 Å². The Balaban J connectivity index is 1.91. The third-order valence-corrected chi connectivity index (χ3v) is 7.58. The zero-order valence-electron chi connectivity index (χ0n) is 13.5. The fourth-order valence-electron chi connectivity index (χ4n) is 4.89. The van der Waals surface area contributed by atoms with Gasteiger partial charge in [-0.25, -0.2) is 0 Å². The van der Waals surface area contributed by atoms with Gasteiger partial charge in [-0.05, 0) is 31.4 Å². The Morgan fingerprint density at radius 2 is 2.00 bits per heavy atom. The lowest BCUT2D eigenvalue weighted by Crippen LogP contribution is -2.48. The molecule has 3 unspecified atom stereocenters. The summed E-state index contributed by atoms with van der Waals surface area (Å²) in [7, 11) is 0. The summed E-state index contributed by atoms with van der Waals surface area (Å²) in [6, 6.07) is 6.86. The molecule has 0 saturated heterocycles. The van der Waals surface area contributed by atoms with Crippen molar-refractivity contribution in [1.82, 2.24) is 0 Å². The second-order valence-electron chi connectivity index (χ2n) is 7.28. The molecule has 0 amide bonds. The van der Waals surface area contributed by atoms with Crippen LogP contribution in [0, 0.1) is 5.41 Å². The van der Waals surface area contributed by atoms with Crippen molar-refractivity contribution in [3.8, 4) is 0 Å². The molecule has 2 nitrogen and oxygen atoms in total. The van der Waals surface area contributed by atoms with Crippen LogP contribution < -0.4 is 4.90 Å². The van der Waals surface area contributed by atoms with Crippen molar-refractivity contribution in [3.63, 3.8) is 0 Å². The van der Waals surface area contributed by atoms with Crippen molar-refractivity contribution in [3.05, 3.63) is 47.1 Å². The lowest BCUT2D eigenvalue weighted by Gasteiger charge is -2.44. The molecule has 1 aromatic rings. The average molecular weight is 308 g/mol. The van der Waals surface area contributed by atoms with Crippen molar-refractivity contribution < 1.29 is 0 Å². The first-order valence-corrected chi connectivity index (χ1v) is 8.91. The summed E-state index contributed by atoms with van der Waals surface area (Å²) >= 11 is 1.78. The molecule has 1 aliphatic carbocycles. The molecule has 3 aliphatic heterocycles. The zero-order valence-corrected chi connectivity index (χ0v) is 14.3. The summed E-state index contributed by atoms with van der Waals surface area (Å²) in [5.74, 6) is 1.17. The number of fused-ring (bicyclic) bond motifs is 3. The lowest BCUT2D eigenvalue weighted by atomic mass is 9.77.